The van der Waals surface area contributed by atoms with Gasteiger partial charge in [-0.2, -0.15) is 0 Å². The molecule has 0 aliphatic rings. The third-order valence-corrected chi connectivity index (χ3v) is 3.99. The van der Waals surface area contributed by atoms with E-state index >= 15 is 0 Å². The van der Waals surface area contributed by atoms with E-state index < -0.39 is 0 Å². The summed E-state index contributed by atoms with van der Waals surface area (Å²) in [6, 6.07) is 16.3. The number of rotatable bonds is 7. The molecular formula is C21H23NO2. The Labute approximate surface area is 143 Å². The fourth-order valence-electron chi connectivity index (χ4n) is 2.62. The van der Waals surface area contributed by atoms with Gasteiger partial charge in [0.25, 0.3) is 0 Å². The number of nitrogens with zero attached hydrogens (tertiary/aromatic N) is 1. The number of pyridine rings is 1. The number of fused-ring (bicyclic) bond motifs is 1. The molecule has 0 unspecified atom stereocenters. The predicted octanol–water partition coefficient (Wildman–Crippen LogP) is 5.09. The molecule has 0 amide bonds. The molecule has 0 atom stereocenters. The Kier molecular flexibility index (Phi) is 5.32. The molecule has 0 saturated heterocycles. The average molecular weight is 321 g/mol. The lowest BCUT2D eigenvalue weighted by Crippen LogP contribution is -2.03. The summed E-state index contributed by atoms with van der Waals surface area (Å²) in [6.45, 7) is 5.54. The van der Waals surface area contributed by atoms with E-state index in [0.29, 0.717) is 13.2 Å². The molecule has 1 heterocycles. The van der Waals surface area contributed by atoms with E-state index in [-0.39, 0.29) is 0 Å². The van der Waals surface area contributed by atoms with Crippen LogP contribution in [0, 0.1) is 13.8 Å². The quantitative estimate of drug-likeness (QED) is 0.568. The van der Waals surface area contributed by atoms with Crippen molar-refractivity contribution in [2.75, 3.05) is 13.2 Å². The summed E-state index contributed by atoms with van der Waals surface area (Å²) >= 11 is 0. The lowest BCUT2D eigenvalue weighted by Gasteiger charge is -2.11. The largest absolute Gasteiger partial charge is 0.493 e. The highest BCUT2D eigenvalue weighted by molar-refractivity contribution is 5.84. The van der Waals surface area contributed by atoms with E-state index in [2.05, 4.69) is 37.0 Å². The molecule has 0 aliphatic heterocycles. The molecule has 0 spiro atoms. The molecule has 0 radical (unpaired) electrons. The number of aryl methyl sites for hydroxylation is 2. The van der Waals surface area contributed by atoms with Crippen LogP contribution in [-0.4, -0.2) is 18.2 Å². The van der Waals surface area contributed by atoms with Crippen molar-refractivity contribution < 1.29 is 9.47 Å². The minimum absolute atomic E-state index is 0.672. The molecule has 0 aliphatic carbocycles. The minimum atomic E-state index is 0.672. The van der Waals surface area contributed by atoms with Crippen LogP contribution in [-0.2, 0) is 0 Å². The summed E-state index contributed by atoms with van der Waals surface area (Å²) < 4.78 is 11.8. The van der Waals surface area contributed by atoms with Crippen LogP contribution >= 0.6 is 0 Å². The van der Waals surface area contributed by atoms with E-state index in [4.69, 9.17) is 9.47 Å². The van der Waals surface area contributed by atoms with Crippen LogP contribution in [0.25, 0.3) is 10.9 Å². The first-order valence-corrected chi connectivity index (χ1v) is 8.40. The fourth-order valence-corrected chi connectivity index (χ4v) is 2.62. The first-order valence-electron chi connectivity index (χ1n) is 8.40. The van der Waals surface area contributed by atoms with Gasteiger partial charge in [0.05, 0.1) is 13.2 Å². The van der Waals surface area contributed by atoms with Crippen LogP contribution in [0.5, 0.6) is 11.5 Å². The van der Waals surface area contributed by atoms with Crippen molar-refractivity contribution in [2.45, 2.75) is 26.7 Å². The number of hydrogen-bond acceptors (Lipinski definition) is 3. The van der Waals surface area contributed by atoms with Crippen molar-refractivity contribution in [3.8, 4) is 11.5 Å². The molecule has 3 aromatic rings. The summed E-state index contributed by atoms with van der Waals surface area (Å²) in [7, 11) is 0. The zero-order valence-electron chi connectivity index (χ0n) is 14.3. The van der Waals surface area contributed by atoms with E-state index in [1.165, 1.54) is 11.1 Å². The van der Waals surface area contributed by atoms with Crippen molar-refractivity contribution in [3.63, 3.8) is 0 Å². The molecule has 0 bridgehead atoms. The molecule has 3 rings (SSSR count). The lowest BCUT2D eigenvalue weighted by molar-refractivity contribution is 0.267. The maximum absolute atomic E-state index is 5.90. The lowest BCUT2D eigenvalue weighted by atomic mass is 10.1. The van der Waals surface area contributed by atoms with Gasteiger partial charge >= 0.3 is 0 Å². The van der Waals surface area contributed by atoms with Gasteiger partial charge in [-0.05, 0) is 56.0 Å². The SMILES string of the molecule is Cc1ccc(C)c(OCCCCOc2cccc3cccnc23)c1. The molecule has 3 heteroatoms. The molecule has 124 valence electrons. The Morgan fingerprint density at radius 3 is 2.42 bits per heavy atom. The molecule has 0 saturated carbocycles. The highest BCUT2D eigenvalue weighted by Gasteiger charge is 2.03. The van der Waals surface area contributed by atoms with E-state index in [9.17, 15) is 0 Å². The Morgan fingerprint density at radius 1 is 0.833 bits per heavy atom. The zero-order chi connectivity index (χ0) is 16.8. The van der Waals surface area contributed by atoms with Crippen LogP contribution in [0.2, 0.25) is 0 Å². The third kappa shape index (κ3) is 4.05. The van der Waals surface area contributed by atoms with Crippen LogP contribution in [0.1, 0.15) is 24.0 Å². The highest BCUT2D eigenvalue weighted by atomic mass is 16.5. The van der Waals surface area contributed by atoms with Crippen molar-refractivity contribution >= 4 is 10.9 Å². The monoisotopic (exact) mass is 321 g/mol. The van der Waals surface area contributed by atoms with E-state index in [1.807, 2.05) is 30.3 Å². The third-order valence-electron chi connectivity index (χ3n) is 3.99. The standard InChI is InChI=1S/C21H23NO2/c1-16-10-11-17(2)20(15-16)24-14-4-3-13-23-19-9-5-7-18-8-6-12-22-21(18)19/h5-12,15H,3-4,13-14H2,1-2H3. The second-order valence-electron chi connectivity index (χ2n) is 6.00. The van der Waals surface area contributed by atoms with Crippen molar-refractivity contribution in [1.82, 2.24) is 4.98 Å². The zero-order valence-corrected chi connectivity index (χ0v) is 14.3. The molecular weight excluding hydrogens is 298 g/mol. The van der Waals surface area contributed by atoms with Crippen LogP contribution in [0.15, 0.2) is 54.7 Å². The van der Waals surface area contributed by atoms with Crippen molar-refractivity contribution in [2.24, 2.45) is 0 Å². The van der Waals surface area contributed by atoms with Gasteiger partial charge in [-0.1, -0.05) is 30.3 Å². The molecule has 0 fully saturated rings. The highest BCUT2D eigenvalue weighted by Crippen LogP contribution is 2.23. The Morgan fingerprint density at radius 2 is 1.58 bits per heavy atom. The van der Waals surface area contributed by atoms with Crippen molar-refractivity contribution in [1.29, 1.82) is 0 Å². The smallest absolute Gasteiger partial charge is 0.145 e. The average Bonchev–Trinajstić information content (AvgIpc) is 2.61. The van der Waals surface area contributed by atoms with Crippen LogP contribution < -0.4 is 9.47 Å². The number of para-hydroxylation sites is 1. The van der Waals surface area contributed by atoms with E-state index in [1.54, 1.807) is 6.20 Å². The molecule has 3 nitrogen and oxygen atoms in total. The number of benzene rings is 2. The van der Waals surface area contributed by atoms with Gasteiger partial charge < -0.3 is 9.47 Å². The number of unbranched alkanes of at least 4 members (excludes halogenated alkanes) is 1. The summed E-state index contributed by atoms with van der Waals surface area (Å²) in [4.78, 5) is 4.40. The van der Waals surface area contributed by atoms with Gasteiger partial charge in [0.1, 0.15) is 17.0 Å². The van der Waals surface area contributed by atoms with Gasteiger partial charge in [0.2, 0.25) is 0 Å². The second kappa shape index (κ2) is 7.82. The first-order chi connectivity index (χ1) is 11.7. The first kappa shape index (κ1) is 16.3. The van der Waals surface area contributed by atoms with Gasteiger partial charge in [0, 0.05) is 11.6 Å². The topological polar surface area (TPSA) is 31.4 Å². The maximum atomic E-state index is 5.90. The summed E-state index contributed by atoms with van der Waals surface area (Å²) in [5.74, 6) is 1.83. The normalized spacial score (nSPS) is 10.8. The maximum Gasteiger partial charge on any atom is 0.145 e. The van der Waals surface area contributed by atoms with Crippen molar-refractivity contribution in [3.05, 3.63) is 65.9 Å². The fraction of sp³-hybridized carbons (Fsp3) is 0.286. The number of aromatic nitrogens is 1. The minimum Gasteiger partial charge on any atom is -0.493 e. The number of hydrogen-bond donors (Lipinski definition) is 0. The Hall–Kier alpha value is -2.55. The molecule has 0 N–H and O–H groups in total. The van der Waals surface area contributed by atoms with E-state index in [0.717, 1.165) is 35.2 Å². The molecule has 1 aromatic heterocycles. The summed E-state index contributed by atoms with van der Waals surface area (Å²) in [6.07, 6.45) is 3.72. The van der Waals surface area contributed by atoms with Gasteiger partial charge in [0.15, 0.2) is 0 Å². The summed E-state index contributed by atoms with van der Waals surface area (Å²) in [5, 5.41) is 1.10. The molecule has 2 aromatic carbocycles. The van der Waals surface area contributed by atoms with Gasteiger partial charge in [-0.15, -0.1) is 0 Å². The Bertz CT molecular complexity index is 809. The second-order valence-corrected chi connectivity index (χ2v) is 6.00. The Balaban J connectivity index is 1.45. The van der Waals surface area contributed by atoms with Crippen LogP contribution in [0.3, 0.4) is 0 Å². The number of ether oxygens (including phenoxy) is 2. The predicted molar refractivity (Wildman–Crippen MR) is 97.9 cm³/mol. The molecule has 24 heavy (non-hydrogen) atoms. The van der Waals surface area contributed by atoms with Gasteiger partial charge in [-0.3, -0.25) is 4.98 Å². The summed E-state index contributed by atoms with van der Waals surface area (Å²) in [5.41, 5.74) is 3.33. The van der Waals surface area contributed by atoms with Crippen LogP contribution in [0.4, 0.5) is 0 Å². The van der Waals surface area contributed by atoms with Gasteiger partial charge in [-0.25, -0.2) is 0 Å².